The van der Waals surface area contributed by atoms with E-state index >= 15 is 0 Å². The predicted molar refractivity (Wildman–Crippen MR) is 93.5 cm³/mol. The highest BCUT2D eigenvalue weighted by Crippen LogP contribution is 2.26. The normalized spacial score (nSPS) is 16.2. The van der Waals surface area contributed by atoms with Crippen molar-refractivity contribution >= 4 is 28.2 Å². The summed E-state index contributed by atoms with van der Waals surface area (Å²) in [6.07, 6.45) is 5.99. The van der Waals surface area contributed by atoms with Crippen LogP contribution in [0.4, 0.5) is 0 Å². The van der Waals surface area contributed by atoms with Crippen molar-refractivity contribution in [2.24, 2.45) is 0 Å². The lowest BCUT2D eigenvalue weighted by Gasteiger charge is -2.26. The second kappa shape index (κ2) is 6.38. The Hall–Kier alpha value is -1.78. The van der Waals surface area contributed by atoms with Gasteiger partial charge < -0.3 is 9.14 Å². The van der Waals surface area contributed by atoms with Crippen LogP contribution in [0, 0.1) is 0 Å². The van der Waals surface area contributed by atoms with Crippen LogP contribution in [-0.2, 0) is 0 Å². The standard InChI is InChI=1S/C18H20ClN3O/c19-14-6-7-16-15(13-14)20-18(17-5-4-10-22(16)17)23-12-11-21-8-2-1-3-9-21/h4-7,10,13H,1-3,8-9,11-12H2. The highest BCUT2D eigenvalue weighted by molar-refractivity contribution is 6.31. The number of aromatic nitrogens is 2. The van der Waals surface area contributed by atoms with Crippen LogP contribution in [0.5, 0.6) is 5.88 Å². The molecule has 3 heterocycles. The minimum atomic E-state index is 0.667. The van der Waals surface area contributed by atoms with Gasteiger partial charge >= 0.3 is 0 Å². The highest BCUT2D eigenvalue weighted by atomic mass is 35.5. The third-order valence-electron chi connectivity index (χ3n) is 4.48. The summed E-state index contributed by atoms with van der Waals surface area (Å²) >= 11 is 6.11. The number of rotatable bonds is 4. The van der Waals surface area contributed by atoms with E-state index in [1.165, 1.54) is 32.4 Å². The first-order chi connectivity index (χ1) is 11.3. The molecule has 0 bridgehead atoms. The van der Waals surface area contributed by atoms with Crippen LogP contribution in [-0.4, -0.2) is 40.5 Å². The molecular formula is C18H20ClN3O. The van der Waals surface area contributed by atoms with Gasteiger partial charge in [-0.05, 0) is 56.3 Å². The van der Waals surface area contributed by atoms with Crippen LogP contribution in [0.2, 0.25) is 5.02 Å². The largest absolute Gasteiger partial charge is 0.475 e. The molecule has 0 radical (unpaired) electrons. The molecule has 5 heteroatoms. The molecule has 1 aliphatic heterocycles. The van der Waals surface area contributed by atoms with Crippen LogP contribution in [0.1, 0.15) is 19.3 Å². The Kier molecular flexibility index (Phi) is 4.10. The molecule has 1 aromatic carbocycles. The molecule has 0 N–H and O–H groups in total. The molecule has 0 amide bonds. The molecule has 3 aromatic rings. The number of hydrogen-bond acceptors (Lipinski definition) is 3. The van der Waals surface area contributed by atoms with E-state index in [0.717, 1.165) is 23.1 Å². The van der Waals surface area contributed by atoms with E-state index in [2.05, 4.69) is 14.3 Å². The number of fused-ring (bicyclic) bond motifs is 3. The molecular weight excluding hydrogens is 310 g/mol. The maximum absolute atomic E-state index is 6.11. The Labute approximate surface area is 140 Å². The summed E-state index contributed by atoms with van der Waals surface area (Å²) < 4.78 is 8.12. The smallest absolute Gasteiger partial charge is 0.238 e. The summed E-state index contributed by atoms with van der Waals surface area (Å²) in [5.74, 6) is 0.682. The highest BCUT2D eigenvalue weighted by Gasteiger charge is 2.12. The van der Waals surface area contributed by atoms with Crippen molar-refractivity contribution in [2.45, 2.75) is 19.3 Å². The third kappa shape index (κ3) is 3.01. The van der Waals surface area contributed by atoms with E-state index in [9.17, 15) is 0 Å². The lowest BCUT2D eigenvalue weighted by atomic mass is 10.1. The maximum Gasteiger partial charge on any atom is 0.238 e. The van der Waals surface area contributed by atoms with Crippen LogP contribution < -0.4 is 4.74 Å². The quantitative estimate of drug-likeness (QED) is 0.724. The predicted octanol–water partition coefficient (Wildman–Crippen LogP) is 4.01. The number of piperidine rings is 1. The van der Waals surface area contributed by atoms with Gasteiger partial charge in [0, 0.05) is 17.8 Å². The van der Waals surface area contributed by atoms with E-state index in [0.29, 0.717) is 17.5 Å². The van der Waals surface area contributed by atoms with E-state index in [1.54, 1.807) is 0 Å². The van der Waals surface area contributed by atoms with Crippen LogP contribution >= 0.6 is 11.6 Å². The lowest BCUT2D eigenvalue weighted by Crippen LogP contribution is -2.33. The summed E-state index contributed by atoms with van der Waals surface area (Å²) in [5.41, 5.74) is 2.89. The van der Waals surface area contributed by atoms with E-state index in [4.69, 9.17) is 16.3 Å². The van der Waals surface area contributed by atoms with Crippen molar-refractivity contribution in [3.63, 3.8) is 0 Å². The fourth-order valence-electron chi connectivity index (χ4n) is 3.28. The number of ether oxygens (including phenoxy) is 1. The summed E-state index contributed by atoms with van der Waals surface area (Å²) in [4.78, 5) is 7.14. The monoisotopic (exact) mass is 329 g/mol. The molecule has 0 saturated carbocycles. The van der Waals surface area contributed by atoms with Crippen LogP contribution in [0.25, 0.3) is 16.6 Å². The number of halogens is 1. The first-order valence-electron chi connectivity index (χ1n) is 8.23. The minimum absolute atomic E-state index is 0.667. The molecule has 0 aliphatic carbocycles. The molecule has 2 aromatic heterocycles. The Morgan fingerprint density at radius 1 is 1.09 bits per heavy atom. The second-order valence-corrected chi connectivity index (χ2v) is 6.50. The van der Waals surface area contributed by atoms with Gasteiger partial charge in [-0.25, -0.2) is 4.98 Å². The molecule has 1 saturated heterocycles. The van der Waals surface area contributed by atoms with Gasteiger partial charge in [0.25, 0.3) is 0 Å². The average Bonchev–Trinajstić information content (AvgIpc) is 3.05. The van der Waals surface area contributed by atoms with Gasteiger partial charge in [-0.1, -0.05) is 18.0 Å². The Bertz CT molecular complexity index is 824. The Morgan fingerprint density at radius 3 is 2.83 bits per heavy atom. The van der Waals surface area contributed by atoms with Crippen LogP contribution in [0.3, 0.4) is 0 Å². The molecule has 0 atom stereocenters. The zero-order chi connectivity index (χ0) is 15.6. The fraction of sp³-hybridized carbons (Fsp3) is 0.389. The van der Waals surface area contributed by atoms with Crippen LogP contribution in [0.15, 0.2) is 36.5 Å². The Balaban J connectivity index is 1.58. The van der Waals surface area contributed by atoms with Gasteiger partial charge in [0.1, 0.15) is 12.1 Å². The zero-order valence-electron chi connectivity index (χ0n) is 13.0. The summed E-state index contributed by atoms with van der Waals surface area (Å²) in [6.45, 7) is 4.00. The first kappa shape index (κ1) is 14.8. The molecule has 1 aliphatic rings. The maximum atomic E-state index is 6.11. The molecule has 23 heavy (non-hydrogen) atoms. The van der Waals surface area contributed by atoms with Gasteiger partial charge in [-0.2, -0.15) is 0 Å². The minimum Gasteiger partial charge on any atom is -0.475 e. The molecule has 0 spiro atoms. The van der Waals surface area contributed by atoms with Crippen molar-refractivity contribution in [3.05, 3.63) is 41.6 Å². The van der Waals surface area contributed by atoms with Crippen molar-refractivity contribution in [1.82, 2.24) is 14.3 Å². The Morgan fingerprint density at radius 2 is 1.96 bits per heavy atom. The summed E-state index contributed by atoms with van der Waals surface area (Å²) in [6, 6.07) is 9.82. The molecule has 1 fully saturated rings. The third-order valence-corrected chi connectivity index (χ3v) is 4.72. The molecule has 120 valence electrons. The van der Waals surface area contributed by atoms with Crippen molar-refractivity contribution in [1.29, 1.82) is 0 Å². The average molecular weight is 330 g/mol. The van der Waals surface area contributed by atoms with Crippen molar-refractivity contribution in [2.75, 3.05) is 26.2 Å². The first-order valence-corrected chi connectivity index (χ1v) is 8.60. The number of hydrogen-bond donors (Lipinski definition) is 0. The fourth-order valence-corrected chi connectivity index (χ4v) is 3.45. The molecule has 4 rings (SSSR count). The number of likely N-dealkylation sites (tertiary alicyclic amines) is 1. The number of nitrogens with zero attached hydrogens (tertiary/aromatic N) is 3. The lowest BCUT2D eigenvalue weighted by molar-refractivity contribution is 0.181. The SMILES string of the molecule is Clc1ccc2c(c1)nc(OCCN1CCCCC1)c1cccn12. The van der Waals surface area contributed by atoms with Gasteiger partial charge in [0.05, 0.1) is 11.0 Å². The molecule has 0 unspecified atom stereocenters. The van der Waals surface area contributed by atoms with E-state index in [1.807, 2.05) is 36.5 Å². The van der Waals surface area contributed by atoms with E-state index < -0.39 is 0 Å². The number of benzene rings is 1. The zero-order valence-corrected chi connectivity index (χ0v) is 13.8. The van der Waals surface area contributed by atoms with Gasteiger partial charge in [-0.15, -0.1) is 0 Å². The van der Waals surface area contributed by atoms with Gasteiger partial charge in [0.15, 0.2) is 0 Å². The second-order valence-electron chi connectivity index (χ2n) is 6.06. The van der Waals surface area contributed by atoms with E-state index in [-0.39, 0.29) is 0 Å². The van der Waals surface area contributed by atoms with Gasteiger partial charge in [0.2, 0.25) is 5.88 Å². The molecule has 4 nitrogen and oxygen atoms in total. The summed E-state index contributed by atoms with van der Waals surface area (Å²) in [7, 11) is 0. The topological polar surface area (TPSA) is 29.8 Å². The van der Waals surface area contributed by atoms with Crippen molar-refractivity contribution in [3.8, 4) is 5.88 Å². The summed E-state index contributed by atoms with van der Waals surface area (Å²) in [5, 5.41) is 0.691. The van der Waals surface area contributed by atoms with Gasteiger partial charge in [-0.3, -0.25) is 4.90 Å². The van der Waals surface area contributed by atoms with Crippen molar-refractivity contribution < 1.29 is 4.74 Å².